The first-order valence-corrected chi connectivity index (χ1v) is 10.8. The lowest BCUT2D eigenvalue weighted by molar-refractivity contribution is -0.130. The van der Waals surface area contributed by atoms with Crippen LogP contribution in [0.15, 0.2) is 16.8 Å². The molecule has 3 heterocycles. The molecule has 2 atom stereocenters. The van der Waals surface area contributed by atoms with Crippen LogP contribution < -0.4 is 5.32 Å². The molecule has 1 aromatic rings. The predicted octanol–water partition coefficient (Wildman–Crippen LogP) is 2.95. The Morgan fingerprint density at radius 1 is 1.44 bits per heavy atom. The van der Waals surface area contributed by atoms with E-state index in [1.807, 2.05) is 0 Å². The molecule has 1 saturated carbocycles. The van der Waals surface area contributed by atoms with Crippen molar-refractivity contribution in [1.29, 1.82) is 0 Å². The van der Waals surface area contributed by atoms with E-state index in [2.05, 4.69) is 31.9 Å². The van der Waals surface area contributed by atoms with Crippen LogP contribution in [0.3, 0.4) is 0 Å². The second kappa shape index (κ2) is 7.37. The first-order chi connectivity index (χ1) is 12.2. The predicted molar refractivity (Wildman–Crippen MR) is 103 cm³/mol. The molecule has 4 rings (SSSR count). The Kier molecular flexibility index (Phi) is 5.16. The lowest BCUT2D eigenvalue weighted by Crippen LogP contribution is -2.44. The topological polar surface area (TPSA) is 35.6 Å². The molecule has 25 heavy (non-hydrogen) atoms. The number of rotatable bonds is 5. The van der Waals surface area contributed by atoms with Crippen LogP contribution in [0, 0.1) is 11.3 Å². The zero-order valence-electron chi connectivity index (χ0n) is 15.4. The first-order valence-electron chi connectivity index (χ1n) is 9.88. The van der Waals surface area contributed by atoms with Crippen LogP contribution in [0.5, 0.6) is 0 Å². The van der Waals surface area contributed by atoms with E-state index in [-0.39, 0.29) is 5.91 Å². The summed E-state index contributed by atoms with van der Waals surface area (Å²) in [5.74, 6) is 1.08. The van der Waals surface area contributed by atoms with Gasteiger partial charge in [-0.3, -0.25) is 4.79 Å². The number of piperidine rings is 2. The van der Waals surface area contributed by atoms with Crippen LogP contribution in [-0.4, -0.2) is 54.5 Å². The Labute approximate surface area is 155 Å². The molecule has 3 fully saturated rings. The Morgan fingerprint density at radius 3 is 2.92 bits per heavy atom. The number of carbonyl (C=O) groups is 1. The third-order valence-corrected chi connectivity index (χ3v) is 7.36. The van der Waals surface area contributed by atoms with Gasteiger partial charge in [-0.1, -0.05) is 0 Å². The molecular weight excluding hydrogens is 330 g/mol. The van der Waals surface area contributed by atoms with Crippen molar-refractivity contribution in [2.24, 2.45) is 11.3 Å². The lowest BCUT2D eigenvalue weighted by atomic mass is 9.90. The van der Waals surface area contributed by atoms with Gasteiger partial charge in [0.05, 0.1) is 0 Å². The van der Waals surface area contributed by atoms with Crippen molar-refractivity contribution < 1.29 is 4.79 Å². The summed E-state index contributed by atoms with van der Waals surface area (Å²) in [4.78, 5) is 17.0. The minimum absolute atomic E-state index is 0.240. The van der Waals surface area contributed by atoms with E-state index in [0.29, 0.717) is 11.5 Å². The molecule has 1 N–H and O–H groups in total. The van der Waals surface area contributed by atoms with Crippen molar-refractivity contribution >= 4 is 17.2 Å². The van der Waals surface area contributed by atoms with Crippen LogP contribution in [-0.2, 0) is 11.3 Å². The van der Waals surface area contributed by atoms with E-state index in [0.717, 1.165) is 12.5 Å². The van der Waals surface area contributed by atoms with Gasteiger partial charge in [-0.25, -0.2) is 0 Å². The maximum Gasteiger partial charge on any atom is 0.220 e. The number of thiophene rings is 1. The zero-order valence-corrected chi connectivity index (χ0v) is 16.2. The number of hydrogen-bond donors (Lipinski definition) is 1. The minimum atomic E-state index is 0.240. The van der Waals surface area contributed by atoms with Crippen molar-refractivity contribution in [3.05, 3.63) is 22.4 Å². The van der Waals surface area contributed by atoms with E-state index < -0.39 is 0 Å². The van der Waals surface area contributed by atoms with Crippen LogP contribution in [0.1, 0.15) is 44.6 Å². The summed E-state index contributed by atoms with van der Waals surface area (Å²) in [7, 11) is 0. The molecule has 0 bridgehead atoms. The zero-order chi connectivity index (χ0) is 17.3. The molecule has 5 heteroatoms. The third kappa shape index (κ3) is 3.93. The number of likely N-dealkylation sites (tertiary alicyclic amines) is 1. The Bertz CT molecular complexity index is 574. The average molecular weight is 362 g/mol. The van der Waals surface area contributed by atoms with Crippen LogP contribution in [0.4, 0.5) is 0 Å². The molecule has 1 amide bonds. The monoisotopic (exact) mass is 361 g/mol. The second-order valence-corrected chi connectivity index (χ2v) is 9.15. The normalized spacial score (nSPS) is 28.8. The van der Waals surface area contributed by atoms with Gasteiger partial charge in [0.2, 0.25) is 5.91 Å². The van der Waals surface area contributed by atoms with Gasteiger partial charge in [0.1, 0.15) is 0 Å². The maximum atomic E-state index is 12.2. The standard InChI is InChI=1S/C20H31N3OS/c1-16(24)23(14-18-4-10-25-15-18)19-11-20(19)5-8-22(9-6-20)13-17-3-2-7-21-12-17/h4,10,15,17,19,21H,2-3,5-9,11-14H2,1H3. The number of hydrogen-bond acceptors (Lipinski definition) is 4. The molecule has 1 aliphatic carbocycles. The molecular formula is C20H31N3OS. The molecule has 1 aromatic heterocycles. The van der Waals surface area contributed by atoms with Gasteiger partial charge in [-0.15, -0.1) is 0 Å². The fraction of sp³-hybridized carbons (Fsp3) is 0.750. The SMILES string of the molecule is CC(=O)N(Cc1ccsc1)C1CC12CCN(CC1CCCNC1)CC2. The van der Waals surface area contributed by atoms with Gasteiger partial charge in [0.25, 0.3) is 0 Å². The highest BCUT2D eigenvalue weighted by molar-refractivity contribution is 7.07. The highest BCUT2D eigenvalue weighted by Crippen LogP contribution is 2.57. The van der Waals surface area contributed by atoms with Gasteiger partial charge < -0.3 is 15.1 Å². The van der Waals surface area contributed by atoms with Crippen LogP contribution in [0.25, 0.3) is 0 Å². The summed E-state index contributed by atoms with van der Waals surface area (Å²) < 4.78 is 0. The number of carbonyl (C=O) groups excluding carboxylic acids is 1. The Balaban J connectivity index is 1.30. The fourth-order valence-electron chi connectivity index (χ4n) is 4.95. The summed E-state index contributed by atoms with van der Waals surface area (Å²) in [5, 5.41) is 7.82. The maximum absolute atomic E-state index is 12.2. The van der Waals surface area contributed by atoms with Gasteiger partial charge in [0.15, 0.2) is 0 Å². The average Bonchev–Trinajstić information content (AvgIpc) is 3.04. The van der Waals surface area contributed by atoms with E-state index in [4.69, 9.17) is 0 Å². The number of nitrogens with one attached hydrogen (secondary N) is 1. The number of amides is 1. The molecule has 2 saturated heterocycles. The molecule has 138 valence electrons. The molecule has 4 nitrogen and oxygen atoms in total. The Morgan fingerprint density at radius 2 is 2.28 bits per heavy atom. The summed E-state index contributed by atoms with van der Waals surface area (Å²) in [5.41, 5.74) is 1.70. The molecule has 0 radical (unpaired) electrons. The van der Waals surface area contributed by atoms with Crippen molar-refractivity contribution in [2.75, 3.05) is 32.7 Å². The van der Waals surface area contributed by atoms with E-state index in [1.54, 1.807) is 18.3 Å². The Hall–Kier alpha value is -0.910. The molecule has 3 aliphatic rings. The molecule has 1 spiro atoms. The van der Waals surface area contributed by atoms with Crippen molar-refractivity contribution in [2.45, 2.75) is 51.6 Å². The van der Waals surface area contributed by atoms with Crippen LogP contribution >= 0.6 is 11.3 Å². The van der Waals surface area contributed by atoms with Gasteiger partial charge in [-0.05, 0) is 92.0 Å². The highest BCUT2D eigenvalue weighted by atomic mass is 32.1. The highest BCUT2D eigenvalue weighted by Gasteiger charge is 2.58. The minimum Gasteiger partial charge on any atom is -0.335 e. The van der Waals surface area contributed by atoms with Gasteiger partial charge in [-0.2, -0.15) is 11.3 Å². The lowest BCUT2D eigenvalue weighted by Gasteiger charge is -2.37. The van der Waals surface area contributed by atoms with Gasteiger partial charge in [0, 0.05) is 26.1 Å². The summed E-state index contributed by atoms with van der Waals surface area (Å²) in [6.45, 7) is 8.63. The second-order valence-electron chi connectivity index (χ2n) is 8.37. The van der Waals surface area contributed by atoms with Crippen LogP contribution in [0.2, 0.25) is 0 Å². The number of nitrogens with zero attached hydrogens (tertiary/aromatic N) is 2. The smallest absolute Gasteiger partial charge is 0.220 e. The molecule has 2 unspecified atom stereocenters. The van der Waals surface area contributed by atoms with Crippen molar-refractivity contribution in [3.63, 3.8) is 0 Å². The van der Waals surface area contributed by atoms with Gasteiger partial charge >= 0.3 is 0 Å². The van der Waals surface area contributed by atoms with E-state index >= 15 is 0 Å². The first kappa shape index (κ1) is 17.5. The van der Waals surface area contributed by atoms with E-state index in [1.165, 1.54) is 70.4 Å². The molecule has 0 aromatic carbocycles. The molecule has 2 aliphatic heterocycles. The third-order valence-electron chi connectivity index (χ3n) is 6.63. The largest absolute Gasteiger partial charge is 0.335 e. The summed E-state index contributed by atoms with van der Waals surface area (Å²) in [6, 6.07) is 2.62. The van der Waals surface area contributed by atoms with Crippen molar-refractivity contribution in [3.8, 4) is 0 Å². The fourth-order valence-corrected chi connectivity index (χ4v) is 5.61. The quantitative estimate of drug-likeness (QED) is 0.876. The summed E-state index contributed by atoms with van der Waals surface area (Å²) >= 11 is 1.72. The van der Waals surface area contributed by atoms with Crippen molar-refractivity contribution in [1.82, 2.24) is 15.1 Å². The van der Waals surface area contributed by atoms with E-state index in [9.17, 15) is 4.79 Å². The summed E-state index contributed by atoms with van der Waals surface area (Å²) in [6.07, 6.45) is 6.47.